The van der Waals surface area contributed by atoms with E-state index in [2.05, 4.69) is 38.6 Å². The number of aliphatic hydroxyl groups is 1. The Morgan fingerprint density at radius 2 is 1.95 bits per heavy atom. The number of ether oxygens (including phenoxy) is 1. The van der Waals surface area contributed by atoms with Crippen LogP contribution < -0.4 is 15.4 Å². The van der Waals surface area contributed by atoms with Gasteiger partial charge in [-0.05, 0) is 76.8 Å². The number of hydrogen-bond donors (Lipinski definition) is 4. The molecule has 202 valence electrons. The molecule has 4 atom stereocenters. The van der Waals surface area contributed by atoms with E-state index in [-0.39, 0.29) is 29.8 Å². The molecule has 5 rings (SSSR count). The lowest BCUT2D eigenvalue weighted by Crippen LogP contribution is -2.49. The third-order valence-electron chi connectivity index (χ3n) is 7.77. The standard InChI is InChI=1S/C29H37N5O4/c1-15-5-10-23(38-13-19-6-7-19)21(11-15)25-27-26(31-14-30-25)24(17(3)32-27)29(37)34-22-9-8-20(12-16(22)2)33-28(36)18(4)35/h5,10-11,14,16,18-20,22,32,35H,6-9,12-13H2,1-4H3,(H,33,36)(H,34,37)/t16-,18+,20+,22+/m1/s1. The second-order valence-corrected chi connectivity index (χ2v) is 11.1. The molecule has 38 heavy (non-hydrogen) atoms. The van der Waals surface area contributed by atoms with Crippen molar-refractivity contribution in [3.8, 4) is 17.0 Å². The fourth-order valence-electron chi connectivity index (χ4n) is 5.35. The van der Waals surface area contributed by atoms with Gasteiger partial charge in [-0.15, -0.1) is 0 Å². The van der Waals surface area contributed by atoms with E-state index in [1.165, 1.54) is 26.1 Å². The van der Waals surface area contributed by atoms with Gasteiger partial charge in [-0.1, -0.05) is 18.6 Å². The lowest BCUT2D eigenvalue weighted by atomic mass is 9.82. The molecule has 0 spiro atoms. The number of rotatable bonds is 8. The van der Waals surface area contributed by atoms with E-state index < -0.39 is 6.10 Å². The molecule has 2 saturated carbocycles. The monoisotopic (exact) mass is 519 g/mol. The molecule has 2 aliphatic rings. The Balaban J connectivity index is 1.37. The molecule has 2 heterocycles. The van der Waals surface area contributed by atoms with Crippen LogP contribution in [0.3, 0.4) is 0 Å². The number of fused-ring (bicyclic) bond motifs is 1. The number of aromatic nitrogens is 3. The quantitative estimate of drug-likeness (QED) is 0.358. The number of nitrogens with zero attached hydrogens (tertiary/aromatic N) is 2. The molecule has 2 aliphatic carbocycles. The summed E-state index contributed by atoms with van der Waals surface area (Å²) < 4.78 is 6.17. The van der Waals surface area contributed by atoms with Crippen LogP contribution in [0, 0.1) is 25.7 Å². The maximum atomic E-state index is 13.5. The minimum absolute atomic E-state index is 0.00367. The average molecular weight is 520 g/mol. The number of benzene rings is 1. The van der Waals surface area contributed by atoms with E-state index in [4.69, 9.17) is 4.74 Å². The van der Waals surface area contributed by atoms with E-state index >= 15 is 0 Å². The lowest BCUT2D eigenvalue weighted by Gasteiger charge is -2.35. The second kappa shape index (κ2) is 10.7. The number of hydrogen-bond acceptors (Lipinski definition) is 6. The van der Waals surface area contributed by atoms with Crippen molar-refractivity contribution in [3.05, 3.63) is 41.3 Å². The first kappa shape index (κ1) is 26.2. The molecule has 2 aromatic heterocycles. The highest BCUT2D eigenvalue weighted by Crippen LogP contribution is 2.37. The highest BCUT2D eigenvalue weighted by atomic mass is 16.5. The Hall–Kier alpha value is -3.46. The van der Waals surface area contributed by atoms with Crippen molar-refractivity contribution in [2.45, 2.75) is 78.0 Å². The van der Waals surface area contributed by atoms with Gasteiger partial charge in [0.25, 0.3) is 5.91 Å². The van der Waals surface area contributed by atoms with Gasteiger partial charge in [0.1, 0.15) is 29.4 Å². The van der Waals surface area contributed by atoms with Crippen LogP contribution in [-0.4, -0.2) is 56.7 Å². The summed E-state index contributed by atoms with van der Waals surface area (Å²) in [6.07, 6.45) is 5.12. The third kappa shape index (κ3) is 5.53. The van der Waals surface area contributed by atoms with Crippen molar-refractivity contribution in [1.82, 2.24) is 25.6 Å². The highest BCUT2D eigenvalue weighted by molar-refractivity contribution is 6.09. The zero-order chi connectivity index (χ0) is 27.0. The zero-order valence-corrected chi connectivity index (χ0v) is 22.5. The van der Waals surface area contributed by atoms with Crippen LogP contribution in [0.1, 0.15) is 67.6 Å². The molecule has 3 aromatic rings. The van der Waals surface area contributed by atoms with E-state index in [9.17, 15) is 14.7 Å². The highest BCUT2D eigenvalue weighted by Gasteiger charge is 2.32. The maximum absolute atomic E-state index is 13.5. The van der Waals surface area contributed by atoms with Gasteiger partial charge in [-0.25, -0.2) is 9.97 Å². The smallest absolute Gasteiger partial charge is 0.255 e. The summed E-state index contributed by atoms with van der Waals surface area (Å²) in [5, 5.41) is 15.6. The number of aromatic amines is 1. The summed E-state index contributed by atoms with van der Waals surface area (Å²) in [7, 11) is 0. The molecule has 0 aliphatic heterocycles. The fraction of sp³-hybridized carbons (Fsp3) is 0.517. The van der Waals surface area contributed by atoms with E-state index in [0.29, 0.717) is 23.6 Å². The van der Waals surface area contributed by atoms with Crippen molar-refractivity contribution >= 4 is 22.8 Å². The first-order valence-corrected chi connectivity index (χ1v) is 13.6. The summed E-state index contributed by atoms with van der Waals surface area (Å²) in [5.41, 5.74) is 5.26. The predicted octanol–water partition coefficient (Wildman–Crippen LogP) is 3.81. The fourth-order valence-corrected chi connectivity index (χ4v) is 5.35. The number of carbonyl (C=O) groups excluding carboxylic acids is 2. The molecule has 2 amide bonds. The van der Waals surface area contributed by atoms with Crippen molar-refractivity contribution in [2.24, 2.45) is 11.8 Å². The molecule has 9 heteroatoms. The van der Waals surface area contributed by atoms with Crippen LogP contribution in [0.2, 0.25) is 0 Å². The van der Waals surface area contributed by atoms with E-state index in [1.807, 2.05) is 26.0 Å². The second-order valence-electron chi connectivity index (χ2n) is 11.1. The first-order chi connectivity index (χ1) is 18.2. The van der Waals surface area contributed by atoms with Gasteiger partial charge in [0.2, 0.25) is 5.91 Å². The number of H-pyrrole nitrogens is 1. The van der Waals surface area contributed by atoms with Crippen LogP contribution in [0.5, 0.6) is 5.75 Å². The molecule has 0 radical (unpaired) electrons. The van der Waals surface area contributed by atoms with Crippen LogP contribution in [0.25, 0.3) is 22.3 Å². The van der Waals surface area contributed by atoms with Crippen molar-refractivity contribution in [2.75, 3.05) is 6.61 Å². The topological polar surface area (TPSA) is 129 Å². The zero-order valence-electron chi connectivity index (χ0n) is 22.5. The predicted molar refractivity (Wildman–Crippen MR) is 145 cm³/mol. The Kier molecular flexibility index (Phi) is 7.38. The summed E-state index contributed by atoms with van der Waals surface area (Å²) in [5.74, 6) is 1.06. The van der Waals surface area contributed by atoms with Gasteiger partial charge < -0.3 is 25.5 Å². The number of amides is 2. The molecule has 0 saturated heterocycles. The Bertz CT molecular complexity index is 1350. The Labute approximate surface area is 222 Å². The van der Waals surface area contributed by atoms with Crippen molar-refractivity contribution < 1.29 is 19.4 Å². The number of carbonyl (C=O) groups is 2. The van der Waals surface area contributed by atoms with Crippen LogP contribution >= 0.6 is 0 Å². The molecular formula is C29H37N5O4. The summed E-state index contributed by atoms with van der Waals surface area (Å²) in [4.78, 5) is 37.9. The lowest BCUT2D eigenvalue weighted by molar-refractivity contribution is -0.129. The number of nitrogens with one attached hydrogen (secondary N) is 3. The summed E-state index contributed by atoms with van der Waals surface area (Å²) in [6, 6.07) is 6.07. The molecular weight excluding hydrogens is 482 g/mol. The maximum Gasteiger partial charge on any atom is 0.255 e. The van der Waals surface area contributed by atoms with Gasteiger partial charge in [0.15, 0.2) is 0 Å². The average Bonchev–Trinajstić information content (AvgIpc) is 3.64. The molecule has 1 aromatic carbocycles. The Morgan fingerprint density at radius 3 is 2.66 bits per heavy atom. The normalized spacial score (nSPS) is 22.2. The van der Waals surface area contributed by atoms with E-state index in [0.717, 1.165) is 53.0 Å². The van der Waals surface area contributed by atoms with Crippen LogP contribution in [0.4, 0.5) is 0 Å². The summed E-state index contributed by atoms with van der Waals surface area (Å²) in [6.45, 7) is 8.16. The van der Waals surface area contributed by atoms with Crippen molar-refractivity contribution in [1.29, 1.82) is 0 Å². The van der Waals surface area contributed by atoms with Crippen LogP contribution in [0.15, 0.2) is 24.5 Å². The first-order valence-electron chi connectivity index (χ1n) is 13.6. The molecule has 9 nitrogen and oxygen atoms in total. The Morgan fingerprint density at radius 1 is 1.16 bits per heavy atom. The van der Waals surface area contributed by atoms with Crippen molar-refractivity contribution in [3.63, 3.8) is 0 Å². The van der Waals surface area contributed by atoms with Gasteiger partial charge in [0.05, 0.1) is 17.7 Å². The number of aliphatic hydroxyl groups excluding tert-OH is 1. The number of aryl methyl sites for hydroxylation is 2. The van der Waals surface area contributed by atoms with E-state index in [1.54, 1.807) is 0 Å². The van der Waals surface area contributed by atoms with Gasteiger partial charge >= 0.3 is 0 Å². The summed E-state index contributed by atoms with van der Waals surface area (Å²) >= 11 is 0. The van der Waals surface area contributed by atoms with Gasteiger partial charge in [0, 0.05) is 23.3 Å². The molecule has 0 bridgehead atoms. The van der Waals surface area contributed by atoms with Crippen LogP contribution in [-0.2, 0) is 4.79 Å². The minimum atomic E-state index is -1.03. The molecule has 2 fully saturated rings. The van der Waals surface area contributed by atoms with Gasteiger partial charge in [-0.2, -0.15) is 0 Å². The SMILES string of the molecule is Cc1ccc(OCC2CC2)c(-c2ncnc3c(C(=O)N[C@H]4CC[C@H](NC(=O)[C@H](C)O)C[C@H]4C)c(C)[nH]c23)c1. The minimum Gasteiger partial charge on any atom is -0.493 e. The van der Waals surface area contributed by atoms with Gasteiger partial charge in [-0.3, -0.25) is 9.59 Å². The third-order valence-corrected chi connectivity index (χ3v) is 7.77. The molecule has 0 unspecified atom stereocenters. The molecule has 4 N–H and O–H groups in total. The largest absolute Gasteiger partial charge is 0.493 e.